The molecule has 0 spiro atoms. The van der Waals surface area contributed by atoms with Crippen LogP contribution in [-0.4, -0.2) is 12.4 Å². The molecule has 0 saturated heterocycles. The first-order valence-corrected chi connectivity index (χ1v) is 4.86. The number of halogens is 2. The monoisotopic (exact) mass is 226 g/mol. The number of hydrogen-bond acceptors (Lipinski definition) is 2. The van der Waals surface area contributed by atoms with Gasteiger partial charge < -0.3 is 4.74 Å². The van der Waals surface area contributed by atoms with Crippen LogP contribution in [0.15, 0.2) is 30.0 Å². The smallest absolute Gasteiger partial charge is 0.195 e. The predicted octanol–water partition coefficient (Wildman–Crippen LogP) is 2.97. The molecular weight excluding hydrogens is 219 g/mol. The third-order valence-electron chi connectivity index (χ3n) is 2.18. The first-order valence-electron chi connectivity index (χ1n) is 4.49. The van der Waals surface area contributed by atoms with Crippen molar-refractivity contribution in [1.82, 2.24) is 0 Å². The molecule has 0 amide bonds. The Hall–Kier alpha value is -1.35. The minimum Gasteiger partial charge on any atom is -0.500 e. The fourth-order valence-electron chi connectivity index (χ4n) is 1.40. The molecule has 78 valence electrons. The van der Waals surface area contributed by atoms with E-state index in [1.807, 2.05) is 0 Å². The minimum absolute atomic E-state index is 0.000694. The van der Waals surface area contributed by atoms with Gasteiger partial charge in [-0.3, -0.25) is 4.79 Å². The molecule has 15 heavy (non-hydrogen) atoms. The van der Waals surface area contributed by atoms with E-state index < -0.39 is 5.82 Å². The molecule has 0 aliphatic carbocycles. The van der Waals surface area contributed by atoms with Gasteiger partial charge in [0, 0.05) is 17.0 Å². The first kappa shape index (κ1) is 10.2. The van der Waals surface area contributed by atoms with Crippen molar-refractivity contribution in [2.75, 3.05) is 6.61 Å². The topological polar surface area (TPSA) is 26.3 Å². The van der Waals surface area contributed by atoms with Crippen molar-refractivity contribution in [3.8, 4) is 0 Å². The van der Waals surface area contributed by atoms with Crippen molar-refractivity contribution < 1.29 is 13.9 Å². The molecule has 1 aliphatic heterocycles. The molecule has 1 aliphatic rings. The molecule has 1 heterocycles. The summed E-state index contributed by atoms with van der Waals surface area (Å²) in [5.74, 6) is -0.912. The lowest BCUT2D eigenvalue weighted by Gasteiger charge is -2.02. The van der Waals surface area contributed by atoms with Gasteiger partial charge >= 0.3 is 0 Å². The standard InChI is InChI=1S/C11H8ClFO2/c12-8-1-2-10(13)9(5-8)11(14)7-3-4-15-6-7/h1-2,5-6H,3-4H2. The van der Waals surface area contributed by atoms with Crippen LogP contribution in [0.4, 0.5) is 4.39 Å². The predicted molar refractivity (Wildman–Crippen MR) is 54.4 cm³/mol. The zero-order chi connectivity index (χ0) is 10.8. The molecule has 0 unspecified atom stereocenters. The Morgan fingerprint density at radius 3 is 2.93 bits per heavy atom. The molecule has 0 radical (unpaired) electrons. The normalized spacial score (nSPS) is 14.7. The highest BCUT2D eigenvalue weighted by atomic mass is 35.5. The second-order valence-corrected chi connectivity index (χ2v) is 3.65. The van der Waals surface area contributed by atoms with Crippen molar-refractivity contribution in [3.05, 3.63) is 46.4 Å². The first-order chi connectivity index (χ1) is 7.18. The molecule has 4 heteroatoms. The second-order valence-electron chi connectivity index (χ2n) is 3.22. The molecule has 0 fully saturated rings. The van der Waals surface area contributed by atoms with Crippen molar-refractivity contribution >= 4 is 17.4 Å². The zero-order valence-electron chi connectivity index (χ0n) is 7.80. The lowest BCUT2D eigenvalue weighted by atomic mass is 10.0. The van der Waals surface area contributed by atoms with Gasteiger partial charge in [0.05, 0.1) is 18.4 Å². The second kappa shape index (κ2) is 4.03. The Morgan fingerprint density at radius 2 is 2.27 bits per heavy atom. The summed E-state index contributed by atoms with van der Waals surface area (Å²) >= 11 is 5.70. The van der Waals surface area contributed by atoms with Crippen LogP contribution in [0, 0.1) is 5.82 Å². The summed E-state index contributed by atoms with van der Waals surface area (Å²) in [5.41, 5.74) is 0.482. The van der Waals surface area contributed by atoms with E-state index in [1.54, 1.807) is 0 Å². The summed E-state index contributed by atoms with van der Waals surface area (Å²) in [5, 5.41) is 0.347. The largest absolute Gasteiger partial charge is 0.500 e. The van der Waals surface area contributed by atoms with E-state index in [0.717, 1.165) is 0 Å². The summed E-state index contributed by atoms with van der Waals surface area (Å²) in [6.07, 6.45) is 1.90. The van der Waals surface area contributed by atoms with E-state index in [0.29, 0.717) is 23.6 Å². The van der Waals surface area contributed by atoms with Crippen LogP contribution in [0.3, 0.4) is 0 Å². The van der Waals surface area contributed by atoms with E-state index in [-0.39, 0.29) is 11.3 Å². The van der Waals surface area contributed by atoms with Gasteiger partial charge in [-0.05, 0) is 18.2 Å². The van der Waals surface area contributed by atoms with Crippen molar-refractivity contribution in [2.24, 2.45) is 0 Å². The molecule has 0 atom stereocenters. The number of Topliss-reactive ketones (excluding diaryl/α,β-unsaturated/α-hetero) is 1. The fourth-order valence-corrected chi connectivity index (χ4v) is 1.57. The van der Waals surface area contributed by atoms with Gasteiger partial charge in [0.1, 0.15) is 5.82 Å². The van der Waals surface area contributed by atoms with Crippen LogP contribution in [0.5, 0.6) is 0 Å². The van der Waals surface area contributed by atoms with Gasteiger partial charge in [-0.2, -0.15) is 0 Å². The van der Waals surface area contributed by atoms with Crippen LogP contribution < -0.4 is 0 Å². The number of carbonyl (C=O) groups excluding carboxylic acids is 1. The maximum Gasteiger partial charge on any atom is 0.195 e. The zero-order valence-corrected chi connectivity index (χ0v) is 8.55. The number of ketones is 1. The quantitative estimate of drug-likeness (QED) is 0.725. The summed E-state index contributed by atoms with van der Waals surface area (Å²) in [4.78, 5) is 11.8. The molecule has 0 saturated carbocycles. The Labute approximate surface area is 91.3 Å². The SMILES string of the molecule is O=C(C1=COCC1)c1cc(Cl)ccc1F. The van der Waals surface area contributed by atoms with Crippen LogP contribution in [0.25, 0.3) is 0 Å². The summed E-state index contributed by atoms with van der Waals surface area (Å²) in [6, 6.07) is 3.93. The molecule has 2 rings (SSSR count). The minimum atomic E-state index is -0.558. The van der Waals surface area contributed by atoms with Crippen LogP contribution >= 0.6 is 11.6 Å². The highest BCUT2D eigenvalue weighted by Crippen LogP contribution is 2.21. The number of carbonyl (C=O) groups is 1. The third kappa shape index (κ3) is 2.02. The summed E-state index contributed by atoms with van der Waals surface area (Å²) < 4.78 is 18.3. The average molecular weight is 227 g/mol. The number of ether oxygens (including phenoxy) is 1. The van der Waals surface area contributed by atoms with Crippen LogP contribution in [0.2, 0.25) is 5.02 Å². The van der Waals surface area contributed by atoms with E-state index in [4.69, 9.17) is 16.3 Å². The van der Waals surface area contributed by atoms with Gasteiger partial charge in [-0.15, -0.1) is 0 Å². The number of rotatable bonds is 2. The fraction of sp³-hybridized carbons (Fsp3) is 0.182. The lowest BCUT2D eigenvalue weighted by molar-refractivity contribution is 0.102. The number of benzene rings is 1. The lowest BCUT2D eigenvalue weighted by Crippen LogP contribution is -2.04. The maximum atomic E-state index is 13.3. The van der Waals surface area contributed by atoms with Crippen LogP contribution in [-0.2, 0) is 4.74 Å². The molecule has 1 aromatic carbocycles. The Morgan fingerprint density at radius 1 is 1.47 bits per heavy atom. The molecule has 0 N–H and O–H groups in total. The van der Waals surface area contributed by atoms with Crippen molar-refractivity contribution in [1.29, 1.82) is 0 Å². The van der Waals surface area contributed by atoms with Gasteiger partial charge in [0.25, 0.3) is 0 Å². The third-order valence-corrected chi connectivity index (χ3v) is 2.41. The molecule has 0 bridgehead atoms. The number of hydrogen-bond donors (Lipinski definition) is 0. The van der Waals surface area contributed by atoms with E-state index in [9.17, 15) is 9.18 Å². The summed E-state index contributed by atoms with van der Waals surface area (Å²) in [6.45, 7) is 0.475. The van der Waals surface area contributed by atoms with Crippen molar-refractivity contribution in [2.45, 2.75) is 6.42 Å². The Kier molecular flexibility index (Phi) is 2.73. The Balaban J connectivity index is 2.36. The van der Waals surface area contributed by atoms with E-state index in [1.165, 1.54) is 24.5 Å². The van der Waals surface area contributed by atoms with Crippen molar-refractivity contribution in [3.63, 3.8) is 0 Å². The highest BCUT2D eigenvalue weighted by molar-refractivity contribution is 6.31. The van der Waals surface area contributed by atoms with Crippen LogP contribution in [0.1, 0.15) is 16.8 Å². The maximum absolute atomic E-state index is 13.3. The van der Waals surface area contributed by atoms with Gasteiger partial charge in [0.2, 0.25) is 0 Å². The highest BCUT2D eigenvalue weighted by Gasteiger charge is 2.19. The molecule has 2 nitrogen and oxygen atoms in total. The molecule has 1 aromatic rings. The van der Waals surface area contributed by atoms with Gasteiger partial charge in [-0.1, -0.05) is 11.6 Å². The van der Waals surface area contributed by atoms with E-state index >= 15 is 0 Å². The average Bonchev–Trinajstić information content (AvgIpc) is 2.74. The summed E-state index contributed by atoms with van der Waals surface area (Å²) in [7, 11) is 0. The molecular formula is C11H8ClFO2. The van der Waals surface area contributed by atoms with Gasteiger partial charge in [-0.25, -0.2) is 4.39 Å². The Bertz CT molecular complexity index is 440. The van der Waals surface area contributed by atoms with Gasteiger partial charge in [0.15, 0.2) is 5.78 Å². The van der Waals surface area contributed by atoms with E-state index in [2.05, 4.69) is 0 Å². The molecule has 0 aromatic heterocycles.